The van der Waals surface area contributed by atoms with Gasteiger partial charge in [0.2, 0.25) is 0 Å². The summed E-state index contributed by atoms with van der Waals surface area (Å²) >= 11 is 1.78. The van der Waals surface area contributed by atoms with E-state index in [0.717, 1.165) is 31.2 Å². The maximum absolute atomic E-state index is 4.55. The van der Waals surface area contributed by atoms with Crippen LogP contribution < -0.4 is 10.6 Å². The van der Waals surface area contributed by atoms with Crippen LogP contribution in [0, 0.1) is 13.8 Å². The van der Waals surface area contributed by atoms with Gasteiger partial charge >= 0.3 is 0 Å². The highest BCUT2D eigenvalue weighted by Gasteiger charge is 2.20. The van der Waals surface area contributed by atoms with Crippen molar-refractivity contribution in [3.05, 3.63) is 15.6 Å². The lowest BCUT2D eigenvalue weighted by atomic mass is 10.0. The maximum Gasteiger partial charge on any atom is 0.191 e. The van der Waals surface area contributed by atoms with Crippen LogP contribution in [0.4, 0.5) is 0 Å². The van der Waals surface area contributed by atoms with Crippen molar-refractivity contribution < 1.29 is 0 Å². The molecule has 0 aliphatic heterocycles. The van der Waals surface area contributed by atoms with Crippen molar-refractivity contribution in [2.24, 2.45) is 4.99 Å². The second-order valence-electron chi connectivity index (χ2n) is 6.06. The first kappa shape index (κ1) is 17.9. The molecule has 0 saturated carbocycles. The molecule has 0 amide bonds. The summed E-state index contributed by atoms with van der Waals surface area (Å²) in [5, 5.41) is 7.90. The van der Waals surface area contributed by atoms with Crippen LogP contribution in [0.3, 0.4) is 0 Å². The third kappa shape index (κ3) is 5.63. The Kier molecular flexibility index (Phi) is 6.61. The Morgan fingerprint density at radius 1 is 1.29 bits per heavy atom. The zero-order chi connectivity index (χ0) is 16.0. The topological polar surface area (TPSA) is 52.6 Å². The highest BCUT2D eigenvalue weighted by atomic mass is 32.1. The molecule has 21 heavy (non-hydrogen) atoms. The minimum absolute atomic E-state index is 0.0845. The van der Waals surface area contributed by atoms with Gasteiger partial charge in [0, 0.05) is 37.0 Å². The molecule has 1 aromatic rings. The molecular formula is C15H29N5S. The summed E-state index contributed by atoms with van der Waals surface area (Å²) < 4.78 is 0. The number of thiazole rings is 1. The Hall–Kier alpha value is -1.14. The lowest BCUT2D eigenvalue weighted by Gasteiger charge is -2.33. The number of aromatic nitrogens is 1. The van der Waals surface area contributed by atoms with Crippen LogP contribution in [-0.4, -0.2) is 55.6 Å². The van der Waals surface area contributed by atoms with Gasteiger partial charge in [-0.1, -0.05) is 0 Å². The second-order valence-corrected chi connectivity index (χ2v) is 7.35. The van der Waals surface area contributed by atoms with Gasteiger partial charge in [0.15, 0.2) is 5.96 Å². The fourth-order valence-corrected chi connectivity index (χ4v) is 2.55. The zero-order valence-corrected chi connectivity index (χ0v) is 15.2. The van der Waals surface area contributed by atoms with Crippen LogP contribution in [0.1, 0.15) is 29.4 Å². The predicted molar refractivity (Wildman–Crippen MR) is 92.4 cm³/mol. The number of nitrogens with one attached hydrogen (secondary N) is 2. The summed E-state index contributed by atoms with van der Waals surface area (Å²) in [6, 6.07) is 0. The molecule has 0 aliphatic carbocycles. The van der Waals surface area contributed by atoms with Gasteiger partial charge in [0.1, 0.15) is 0 Å². The second kappa shape index (κ2) is 7.75. The highest BCUT2D eigenvalue weighted by Crippen LogP contribution is 2.16. The van der Waals surface area contributed by atoms with Gasteiger partial charge in [0.05, 0.1) is 10.7 Å². The van der Waals surface area contributed by atoms with E-state index >= 15 is 0 Å². The third-order valence-corrected chi connectivity index (χ3v) is 4.96. The van der Waals surface area contributed by atoms with Gasteiger partial charge in [-0.25, -0.2) is 4.98 Å². The van der Waals surface area contributed by atoms with Crippen molar-refractivity contribution in [2.45, 2.75) is 39.7 Å². The number of aliphatic imine (C=N–C) groups is 1. The molecule has 0 aliphatic rings. The maximum atomic E-state index is 4.55. The monoisotopic (exact) mass is 311 g/mol. The lowest BCUT2D eigenvalue weighted by Crippen LogP contribution is -2.51. The Morgan fingerprint density at radius 2 is 1.95 bits per heavy atom. The van der Waals surface area contributed by atoms with Gasteiger partial charge in [-0.05, 0) is 41.8 Å². The molecular weight excluding hydrogens is 282 g/mol. The fourth-order valence-electron chi connectivity index (χ4n) is 1.61. The summed E-state index contributed by atoms with van der Waals surface area (Å²) in [6.07, 6.45) is 0.928. The van der Waals surface area contributed by atoms with Crippen LogP contribution in [0.15, 0.2) is 4.99 Å². The Labute approximate surface area is 132 Å². The number of hydrogen-bond donors (Lipinski definition) is 2. The van der Waals surface area contributed by atoms with E-state index in [1.807, 2.05) is 0 Å². The molecule has 120 valence electrons. The fraction of sp³-hybridized carbons (Fsp3) is 0.733. The number of nitrogens with zero attached hydrogens (tertiary/aromatic N) is 3. The quantitative estimate of drug-likeness (QED) is 0.621. The van der Waals surface area contributed by atoms with E-state index in [4.69, 9.17) is 0 Å². The molecule has 0 atom stereocenters. The smallest absolute Gasteiger partial charge is 0.191 e. The summed E-state index contributed by atoms with van der Waals surface area (Å²) in [5.74, 6) is 0.843. The van der Waals surface area contributed by atoms with E-state index in [2.05, 4.69) is 67.3 Å². The van der Waals surface area contributed by atoms with Gasteiger partial charge in [-0.2, -0.15) is 0 Å². The van der Waals surface area contributed by atoms with Gasteiger partial charge in [0.25, 0.3) is 0 Å². The molecule has 1 heterocycles. The normalized spacial score (nSPS) is 12.9. The number of rotatable bonds is 6. The molecule has 6 heteroatoms. The molecule has 0 unspecified atom stereocenters. The number of guanidine groups is 1. The van der Waals surface area contributed by atoms with E-state index in [1.54, 1.807) is 18.4 Å². The van der Waals surface area contributed by atoms with E-state index in [-0.39, 0.29) is 5.54 Å². The predicted octanol–water partition coefficient (Wildman–Crippen LogP) is 1.81. The lowest BCUT2D eigenvalue weighted by molar-refractivity contribution is 0.197. The molecule has 0 radical (unpaired) electrons. The molecule has 0 bridgehead atoms. The van der Waals surface area contributed by atoms with Crippen LogP contribution >= 0.6 is 11.3 Å². The molecule has 0 fully saturated rings. The van der Waals surface area contributed by atoms with Crippen molar-refractivity contribution in [3.63, 3.8) is 0 Å². The van der Waals surface area contributed by atoms with Crippen LogP contribution in [0.2, 0.25) is 0 Å². The minimum Gasteiger partial charge on any atom is -0.356 e. The third-order valence-electron chi connectivity index (χ3n) is 3.83. The van der Waals surface area contributed by atoms with Crippen molar-refractivity contribution in [3.8, 4) is 0 Å². The summed E-state index contributed by atoms with van der Waals surface area (Å²) in [7, 11) is 5.98. The van der Waals surface area contributed by atoms with E-state index in [9.17, 15) is 0 Å². The molecule has 2 N–H and O–H groups in total. The number of likely N-dealkylation sites (N-methyl/N-ethyl adjacent to an activating group) is 1. The molecule has 0 aromatic carbocycles. The summed E-state index contributed by atoms with van der Waals surface area (Å²) in [5.41, 5.74) is 1.23. The first-order valence-corrected chi connectivity index (χ1v) is 8.13. The summed E-state index contributed by atoms with van der Waals surface area (Å²) in [4.78, 5) is 12.3. The largest absolute Gasteiger partial charge is 0.356 e. The molecule has 0 spiro atoms. The molecule has 5 nitrogen and oxygen atoms in total. The highest BCUT2D eigenvalue weighted by molar-refractivity contribution is 7.11. The van der Waals surface area contributed by atoms with Crippen molar-refractivity contribution in [2.75, 3.05) is 34.2 Å². The van der Waals surface area contributed by atoms with Gasteiger partial charge < -0.3 is 15.5 Å². The SMILES string of the molecule is CN=C(NCCc1nc(C)c(C)s1)NCC(C)(C)N(C)C. The van der Waals surface area contributed by atoms with E-state index in [1.165, 1.54) is 9.88 Å². The first-order valence-electron chi connectivity index (χ1n) is 7.31. The Balaban J connectivity index is 2.38. The number of hydrogen-bond acceptors (Lipinski definition) is 4. The molecule has 0 saturated heterocycles. The summed E-state index contributed by atoms with van der Waals surface area (Å²) in [6.45, 7) is 10.3. The Morgan fingerprint density at radius 3 is 2.43 bits per heavy atom. The van der Waals surface area contributed by atoms with Crippen molar-refractivity contribution >= 4 is 17.3 Å². The van der Waals surface area contributed by atoms with Crippen LogP contribution in [0.5, 0.6) is 0 Å². The average molecular weight is 311 g/mol. The van der Waals surface area contributed by atoms with Crippen LogP contribution in [0.25, 0.3) is 0 Å². The zero-order valence-electron chi connectivity index (χ0n) is 14.4. The standard InChI is InChI=1S/C15H29N5S/c1-11-12(2)21-13(19-11)8-9-17-14(16-5)18-10-15(3,4)20(6)7/h8-10H2,1-7H3,(H2,16,17,18). The first-order chi connectivity index (χ1) is 9.76. The molecule has 1 rings (SSSR count). The minimum atomic E-state index is 0.0845. The number of aryl methyl sites for hydroxylation is 2. The average Bonchev–Trinajstić information content (AvgIpc) is 2.72. The molecule has 1 aromatic heterocycles. The van der Waals surface area contributed by atoms with Crippen molar-refractivity contribution in [1.29, 1.82) is 0 Å². The van der Waals surface area contributed by atoms with E-state index < -0.39 is 0 Å². The Bertz CT molecular complexity index is 457. The van der Waals surface area contributed by atoms with Gasteiger partial charge in [-0.3, -0.25) is 4.99 Å². The van der Waals surface area contributed by atoms with Crippen molar-refractivity contribution in [1.82, 2.24) is 20.5 Å². The van der Waals surface area contributed by atoms with Gasteiger partial charge in [-0.15, -0.1) is 11.3 Å². The van der Waals surface area contributed by atoms with Crippen LogP contribution in [-0.2, 0) is 6.42 Å². The van der Waals surface area contributed by atoms with E-state index in [0.29, 0.717) is 0 Å².